The zero-order valence-electron chi connectivity index (χ0n) is 3.70. The van der Waals surface area contributed by atoms with E-state index in [1.54, 1.807) is 18.3 Å². The van der Waals surface area contributed by atoms with E-state index in [1.165, 1.54) is 6.20 Å². The second-order valence-corrected chi connectivity index (χ2v) is 1.21. The van der Waals surface area contributed by atoms with Crippen LogP contribution in [-0.2, 0) is 0 Å². The minimum Gasteiger partial charge on any atom is -0.506 e. The van der Waals surface area contributed by atoms with Gasteiger partial charge in [0.15, 0.2) is 0 Å². The monoisotopic (exact) mass is 96.0 g/mol. The summed E-state index contributed by atoms with van der Waals surface area (Å²) in [5.74, 6) is 0.211. The molecule has 2 heteroatoms. The molecular formula is C5H5NO. The van der Waals surface area contributed by atoms with Gasteiger partial charge >= 0.3 is 0 Å². The Morgan fingerprint density at radius 1 is 1.57 bits per heavy atom. The fraction of sp³-hybridized carbons (Fsp3) is 0. The molecule has 1 aromatic heterocycles. The maximum atomic E-state index is 8.57. The summed E-state index contributed by atoms with van der Waals surface area (Å²) < 4.78 is 0. The van der Waals surface area contributed by atoms with Crippen LogP contribution in [-0.4, -0.2) is 10.1 Å². The fourth-order valence-electron chi connectivity index (χ4n) is 0.354. The van der Waals surface area contributed by atoms with Crippen molar-refractivity contribution in [3.63, 3.8) is 0 Å². The third-order valence-electron chi connectivity index (χ3n) is 0.646. The van der Waals surface area contributed by atoms with E-state index < -0.39 is 0 Å². The third kappa shape index (κ3) is 0.892. The Bertz CT molecular complexity index is 138. The van der Waals surface area contributed by atoms with Crippen molar-refractivity contribution in [1.29, 1.82) is 0 Å². The molecule has 0 aliphatic carbocycles. The van der Waals surface area contributed by atoms with E-state index in [0.717, 1.165) is 0 Å². The molecule has 0 saturated carbocycles. The smallest absolute Gasteiger partial charge is 0.133 e. The Balaban J connectivity index is 3.02. The minimum atomic E-state index is 0.211. The average molecular weight is 96.1 g/mol. The molecule has 1 aromatic rings. The van der Waals surface area contributed by atoms with Crippen LogP contribution in [0.4, 0.5) is 0 Å². The molecule has 36 valence electrons. The van der Waals surface area contributed by atoms with Crippen LogP contribution in [0.3, 0.4) is 0 Å². The molecule has 0 aliphatic heterocycles. The van der Waals surface area contributed by atoms with Crippen LogP contribution < -0.4 is 0 Å². The Labute approximate surface area is 41.4 Å². The molecule has 1 rings (SSSR count). The molecule has 0 radical (unpaired) electrons. The van der Waals surface area contributed by atoms with Crippen LogP contribution in [0.25, 0.3) is 0 Å². The topological polar surface area (TPSA) is 33.1 Å². The Morgan fingerprint density at radius 2 is 2.43 bits per heavy atom. The van der Waals surface area contributed by atoms with Gasteiger partial charge in [-0.05, 0) is 12.1 Å². The van der Waals surface area contributed by atoms with Crippen LogP contribution in [0.2, 0.25) is 0 Å². The lowest BCUT2D eigenvalue weighted by Gasteiger charge is -1.81. The molecule has 0 fully saturated rings. The summed E-state index contributed by atoms with van der Waals surface area (Å²) in [4.78, 5) is 3.63. The first-order valence-corrected chi connectivity index (χ1v) is 1.98. The summed E-state index contributed by atoms with van der Waals surface area (Å²) in [5, 5.41) is 8.57. The normalized spacial score (nSPS) is 8.57. The number of hydrogen-bond acceptors (Lipinski definition) is 2. The first kappa shape index (κ1) is 4.12. The first-order chi connectivity index (χ1) is 3.39. The van der Waals surface area contributed by atoms with Crippen molar-refractivity contribution in [3.8, 4) is 5.75 Å². The maximum Gasteiger partial charge on any atom is 0.133 e. The highest BCUT2D eigenvalue weighted by molar-refractivity contribution is 5.12. The van der Waals surface area contributed by atoms with Gasteiger partial charge in [0, 0.05) is 6.20 Å². The Morgan fingerprint density at radius 3 is 2.71 bits per heavy atom. The highest BCUT2D eigenvalue weighted by Gasteiger charge is 1.76. The van der Waals surface area contributed by atoms with Crippen molar-refractivity contribution >= 4 is 0 Å². The summed E-state index contributed by atoms with van der Waals surface area (Å²) in [6.07, 6.45) is 3.00. The second kappa shape index (κ2) is 1.60. The molecule has 0 saturated heterocycles. The highest BCUT2D eigenvalue weighted by atomic mass is 16.3. The molecule has 1 heterocycles. The van der Waals surface area contributed by atoms with Gasteiger partial charge in [-0.1, -0.05) is 0 Å². The minimum absolute atomic E-state index is 0.211. The lowest BCUT2D eigenvalue weighted by molar-refractivity contribution is 0.472. The van der Waals surface area contributed by atoms with E-state index in [1.807, 2.05) is 0 Å². The van der Waals surface area contributed by atoms with Gasteiger partial charge < -0.3 is 5.11 Å². The van der Waals surface area contributed by atoms with Gasteiger partial charge in [-0.2, -0.15) is 0 Å². The number of rotatable bonds is 0. The largest absolute Gasteiger partial charge is 0.506 e. The molecule has 0 atom stereocenters. The Hall–Kier alpha value is -1.05. The molecule has 0 aliphatic rings. The summed E-state index contributed by atoms with van der Waals surface area (Å²) in [6, 6.07) is 3.25. The molecule has 0 aromatic carbocycles. The van der Waals surface area contributed by atoms with Crippen molar-refractivity contribution < 1.29 is 5.11 Å². The maximum absolute atomic E-state index is 8.57. The predicted octanol–water partition coefficient (Wildman–Crippen LogP) is 0.787. The fourth-order valence-corrected chi connectivity index (χ4v) is 0.354. The van der Waals surface area contributed by atoms with Gasteiger partial charge in [-0.15, -0.1) is 0 Å². The van der Waals surface area contributed by atoms with E-state index >= 15 is 0 Å². The first-order valence-electron chi connectivity index (χ1n) is 1.98. The predicted molar refractivity (Wildman–Crippen MR) is 25.9 cm³/mol. The molecular weight excluding hydrogens is 91.1 g/mol. The van der Waals surface area contributed by atoms with Crippen molar-refractivity contribution in [2.24, 2.45) is 0 Å². The third-order valence-corrected chi connectivity index (χ3v) is 0.646. The molecule has 1 N–H and O–H groups in total. The van der Waals surface area contributed by atoms with Crippen LogP contribution in [0.15, 0.2) is 24.5 Å². The number of aromatic hydroxyl groups is 1. The lowest BCUT2D eigenvalue weighted by Crippen LogP contribution is -1.64. The molecule has 0 spiro atoms. The zero-order valence-corrected chi connectivity index (χ0v) is 3.70. The molecule has 2 nitrogen and oxygen atoms in total. The number of nitrogens with zero attached hydrogens (tertiary/aromatic N) is 1. The van der Waals surface area contributed by atoms with E-state index in [9.17, 15) is 0 Å². The average Bonchev–Trinajstić information content (AvgIpc) is 1.69. The van der Waals surface area contributed by atoms with Gasteiger partial charge in [0.05, 0.1) is 6.20 Å². The van der Waals surface area contributed by atoms with E-state index in [4.69, 9.17) is 5.11 Å². The second-order valence-electron chi connectivity index (χ2n) is 1.21. The lowest BCUT2D eigenvalue weighted by atomic mass is 10.5. The van der Waals surface area contributed by atoms with Gasteiger partial charge in [-0.25, -0.2) is 0 Å². The van der Waals surface area contributed by atoms with Crippen LogP contribution in [0.1, 0.15) is 0 Å². The number of hydrogen-bond donors (Lipinski definition) is 1. The SMILES string of the molecule is Oc1cccn[13cH]1. The van der Waals surface area contributed by atoms with E-state index in [0.29, 0.717) is 0 Å². The van der Waals surface area contributed by atoms with E-state index in [2.05, 4.69) is 4.98 Å². The van der Waals surface area contributed by atoms with Gasteiger partial charge in [0.25, 0.3) is 0 Å². The summed E-state index contributed by atoms with van der Waals surface area (Å²) in [7, 11) is 0. The standard InChI is InChI=1S/C5H5NO/c7-5-2-1-3-6-4-5/h1-4,7H/i4+1. The van der Waals surface area contributed by atoms with Gasteiger partial charge in [-0.3, -0.25) is 4.98 Å². The highest BCUT2D eigenvalue weighted by Crippen LogP contribution is 1.99. The quantitative estimate of drug-likeness (QED) is 0.518. The Kier molecular flexibility index (Phi) is 0.941. The van der Waals surface area contributed by atoms with Crippen molar-refractivity contribution in [2.45, 2.75) is 0 Å². The molecule has 0 bridgehead atoms. The summed E-state index contributed by atoms with van der Waals surface area (Å²) in [5.41, 5.74) is 0. The van der Waals surface area contributed by atoms with Crippen LogP contribution in [0, 0.1) is 0 Å². The van der Waals surface area contributed by atoms with E-state index in [-0.39, 0.29) is 5.75 Å². The van der Waals surface area contributed by atoms with Gasteiger partial charge in [0.1, 0.15) is 5.75 Å². The summed E-state index contributed by atoms with van der Waals surface area (Å²) >= 11 is 0. The van der Waals surface area contributed by atoms with Crippen LogP contribution >= 0.6 is 0 Å². The number of aromatic nitrogens is 1. The molecule has 7 heavy (non-hydrogen) atoms. The molecule has 0 amide bonds. The zero-order chi connectivity index (χ0) is 5.11. The van der Waals surface area contributed by atoms with Crippen LogP contribution in [0.5, 0.6) is 5.75 Å². The van der Waals surface area contributed by atoms with Crippen molar-refractivity contribution in [3.05, 3.63) is 24.5 Å². The molecule has 0 unspecified atom stereocenters. The number of pyridine rings is 1. The summed E-state index contributed by atoms with van der Waals surface area (Å²) in [6.45, 7) is 0. The van der Waals surface area contributed by atoms with Gasteiger partial charge in [0.2, 0.25) is 0 Å². The van der Waals surface area contributed by atoms with Crippen molar-refractivity contribution in [1.82, 2.24) is 4.98 Å². The van der Waals surface area contributed by atoms with Crippen molar-refractivity contribution in [2.75, 3.05) is 0 Å².